The molecule has 0 aliphatic carbocycles. The molecule has 2 rings (SSSR count). The second-order valence-electron chi connectivity index (χ2n) is 5.91. The van der Waals surface area contributed by atoms with Crippen LogP contribution in [-0.2, 0) is 4.79 Å². The lowest BCUT2D eigenvalue weighted by atomic mass is 10.1. The molecule has 0 atom stereocenters. The number of nitrogens with one attached hydrogen (secondary N) is 1. The van der Waals surface area contributed by atoms with E-state index in [9.17, 15) is 4.79 Å². The Bertz CT molecular complexity index is 704. The number of amides is 1. The molecule has 128 valence electrons. The number of ether oxygens (including phenoxy) is 1. The highest BCUT2D eigenvalue weighted by atomic mass is 35.5. The van der Waals surface area contributed by atoms with Crippen molar-refractivity contribution in [1.82, 2.24) is 4.90 Å². The van der Waals surface area contributed by atoms with Crippen molar-refractivity contribution < 1.29 is 9.53 Å². The average molecular weight is 347 g/mol. The molecule has 24 heavy (non-hydrogen) atoms. The SMILES string of the molecule is Cc1ccc(C)c(NC(=O)CN(C)CCOc2cccc(Cl)c2)c1. The van der Waals surface area contributed by atoms with E-state index in [2.05, 4.69) is 5.32 Å². The molecule has 0 heterocycles. The van der Waals surface area contributed by atoms with E-state index >= 15 is 0 Å². The van der Waals surface area contributed by atoms with Crippen LogP contribution in [0, 0.1) is 13.8 Å². The van der Waals surface area contributed by atoms with Crippen molar-refractivity contribution in [3.05, 3.63) is 58.6 Å². The lowest BCUT2D eigenvalue weighted by Gasteiger charge is -2.17. The molecule has 5 heteroatoms. The molecule has 0 aliphatic rings. The summed E-state index contributed by atoms with van der Waals surface area (Å²) in [5.41, 5.74) is 3.05. The van der Waals surface area contributed by atoms with Crippen LogP contribution in [0.4, 0.5) is 5.69 Å². The Morgan fingerprint density at radius 3 is 2.75 bits per heavy atom. The summed E-state index contributed by atoms with van der Waals surface area (Å²) >= 11 is 5.91. The Kier molecular flexibility index (Phi) is 6.64. The molecule has 0 aromatic heterocycles. The predicted molar refractivity (Wildman–Crippen MR) is 99.0 cm³/mol. The zero-order valence-electron chi connectivity index (χ0n) is 14.3. The Hall–Kier alpha value is -2.04. The van der Waals surface area contributed by atoms with Gasteiger partial charge in [0.25, 0.3) is 0 Å². The minimum atomic E-state index is -0.0334. The van der Waals surface area contributed by atoms with E-state index < -0.39 is 0 Å². The molecule has 0 fully saturated rings. The molecular formula is C19H23ClN2O2. The van der Waals surface area contributed by atoms with Crippen LogP contribution in [-0.4, -0.2) is 37.6 Å². The van der Waals surface area contributed by atoms with Gasteiger partial charge in [0, 0.05) is 17.3 Å². The van der Waals surface area contributed by atoms with Crippen molar-refractivity contribution >= 4 is 23.2 Å². The number of benzene rings is 2. The van der Waals surface area contributed by atoms with Gasteiger partial charge in [-0.2, -0.15) is 0 Å². The fourth-order valence-corrected chi connectivity index (χ4v) is 2.44. The lowest BCUT2D eigenvalue weighted by molar-refractivity contribution is -0.117. The molecule has 0 saturated carbocycles. The van der Waals surface area contributed by atoms with Crippen LogP contribution < -0.4 is 10.1 Å². The Labute approximate surface area is 148 Å². The number of nitrogens with zero attached hydrogens (tertiary/aromatic N) is 1. The third-order valence-corrected chi connectivity index (χ3v) is 3.85. The highest BCUT2D eigenvalue weighted by Gasteiger charge is 2.09. The summed E-state index contributed by atoms with van der Waals surface area (Å²) in [5, 5.41) is 3.61. The van der Waals surface area contributed by atoms with Crippen molar-refractivity contribution in [3.8, 4) is 5.75 Å². The topological polar surface area (TPSA) is 41.6 Å². The first-order chi connectivity index (χ1) is 11.4. The standard InChI is InChI=1S/C19H23ClN2O2/c1-14-7-8-15(2)18(11-14)21-19(23)13-22(3)9-10-24-17-6-4-5-16(20)12-17/h4-8,11-12H,9-10,13H2,1-3H3,(H,21,23). The molecule has 2 aromatic rings. The number of hydrogen-bond donors (Lipinski definition) is 1. The molecule has 0 bridgehead atoms. The first-order valence-corrected chi connectivity index (χ1v) is 8.26. The second-order valence-corrected chi connectivity index (χ2v) is 6.35. The maximum absolute atomic E-state index is 12.2. The van der Waals surface area contributed by atoms with E-state index in [1.807, 2.05) is 56.1 Å². The number of halogens is 1. The van der Waals surface area contributed by atoms with E-state index in [1.54, 1.807) is 12.1 Å². The number of rotatable bonds is 7. The van der Waals surface area contributed by atoms with Gasteiger partial charge in [0.1, 0.15) is 12.4 Å². The summed E-state index contributed by atoms with van der Waals surface area (Å²) in [5.74, 6) is 0.699. The second kappa shape index (κ2) is 8.71. The normalized spacial score (nSPS) is 10.7. The van der Waals surface area contributed by atoms with Gasteiger partial charge in [-0.05, 0) is 56.3 Å². The quantitative estimate of drug-likeness (QED) is 0.826. The Morgan fingerprint density at radius 2 is 2.00 bits per heavy atom. The minimum absolute atomic E-state index is 0.0334. The molecule has 0 unspecified atom stereocenters. The van der Waals surface area contributed by atoms with Crippen LogP contribution in [0.3, 0.4) is 0 Å². The summed E-state index contributed by atoms with van der Waals surface area (Å²) < 4.78 is 5.63. The number of carbonyl (C=O) groups is 1. The van der Waals surface area contributed by atoms with Crippen LogP contribution in [0.2, 0.25) is 5.02 Å². The predicted octanol–water partition coefficient (Wildman–Crippen LogP) is 3.91. The first kappa shape index (κ1) is 18.3. The van der Waals surface area contributed by atoms with Crippen LogP contribution >= 0.6 is 11.6 Å². The average Bonchev–Trinajstić information content (AvgIpc) is 2.51. The van der Waals surface area contributed by atoms with E-state index in [4.69, 9.17) is 16.3 Å². The monoisotopic (exact) mass is 346 g/mol. The third-order valence-electron chi connectivity index (χ3n) is 3.62. The Morgan fingerprint density at radius 1 is 1.21 bits per heavy atom. The summed E-state index contributed by atoms with van der Waals surface area (Å²) in [4.78, 5) is 14.1. The van der Waals surface area contributed by atoms with Crippen molar-refractivity contribution in [2.75, 3.05) is 32.1 Å². The van der Waals surface area contributed by atoms with Gasteiger partial charge in [0.05, 0.1) is 6.54 Å². The van der Waals surface area contributed by atoms with Gasteiger partial charge in [-0.1, -0.05) is 29.8 Å². The molecule has 0 aliphatic heterocycles. The molecule has 2 aromatic carbocycles. The number of aryl methyl sites for hydroxylation is 2. The number of likely N-dealkylation sites (N-methyl/N-ethyl adjacent to an activating group) is 1. The fourth-order valence-electron chi connectivity index (χ4n) is 2.26. The Balaban J connectivity index is 1.76. The molecular weight excluding hydrogens is 324 g/mol. The van der Waals surface area contributed by atoms with Gasteiger partial charge in [-0.3, -0.25) is 9.69 Å². The molecule has 0 saturated heterocycles. The third kappa shape index (κ3) is 5.87. The maximum atomic E-state index is 12.2. The van der Waals surface area contributed by atoms with Crippen molar-refractivity contribution in [2.24, 2.45) is 0 Å². The highest BCUT2D eigenvalue weighted by molar-refractivity contribution is 6.30. The summed E-state index contributed by atoms with van der Waals surface area (Å²) in [7, 11) is 1.89. The number of carbonyl (C=O) groups excluding carboxylic acids is 1. The first-order valence-electron chi connectivity index (χ1n) is 7.88. The highest BCUT2D eigenvalue weighted by Crippen LogP contribution is 2.17. The number of anilines is 1. The van der Waals surface area contributed by atoms with Gasteiger partial charge in [-0.25, -0.2) is 0 Å². The van der Waals surface area contributed by atoms with Crippen LogP contribution in [0.25, 0.3) is 0 Å². The smallest absolute Gasteiger partial charge is 0.238 e. The molecule has 0 spiro atoms. The van der Waals surface area contributed by atoms with Gasteiger partial charge >= 0.3 is 0 Å². The maximum Gasteiger partial charge on any atom is 0.238 e. The van der Waals surface area contributed by atoms with Gasteiger partial charge in [0.15, 0.2) is 0 Å². The zero-order valence-corrected chi connectivity index (χ0v) is 15.1. The van der Waals surface area contributed by atoms with Crippen molar-refractivity contribution in [3.63, 3.8) is 0 Å². The van der Waals surface area contributed by atoms with Gasteiger partial charge in [-0.15, -0.1) is 0 Å². The van der Waals surface area contributed by atoms with E-state index in [1.165, 1.54) is 0 Å². The molecule has 4 nitrogen and oxygen atoms in total. The fraction of sp³-hybridized carbons (Fsp3) is 0.316. The molecule has 1 N–H and O–H groups in total. The molecule has 0 radical (unpaired) electrons. The molecule has 1 amide bonds. The summed E-state index contributed by atoms with van der Waals surface area (Å²) in [6.07, 6.45) is 0. The van der Waals surface area contributed by atoms with Crippen LogP contribution in [0.1, 0.15) is 11.1 Å². The van der Waals surface area contributed by atoms with Crippen LogP contribution in [0.5, 0.6) is 5.75 Å². The van der Waals surface area contributed by atoms with Crippen LogP contribution in [0.15, 0.2) is 42.5 Å². The van der Waals surface area contributed by atoms with Gasteiger partial charge in [0.2, 0.25) is 5.91 Å². The minimum Gasteiger partial charge on any atom is -0.492 e. The van der Waals surface area contributed by atoms with E-state index in [0.29, 0.717) is 24.7 Å². The van der Waals surface area contributed by atoms with Gasteiger partial charge < -0.3 is 10.1 Å². The van der Waals surface area contributed by atoms with E-state index in [0.717, 1.165) is 22.6 Å². The van der Waals surface area contributed by atoms with Crippen molar-refractivity contribution in [1.29, 1.82) is 0 Å². The lowest BCUT2D eigenvalue weighted by Crippen LogP contribution is -2.33. The van der Waals surface area contributed by atoms with Crippen molar-refractivity contribution in [2.45, 2.75) is 13.8 Å². The zero-order chi connectivity index (χ0) is 17.5. The largest absolute Gasteiger partial charge is 0.492 e. The number of hydrogen-bond acceptors (Lipinski definition) is 3. The summed E-state index contributed by atoms with van der Waals surface area (Å²) in [6.45, 7) is 5.44. The van der Waals surface area contributed by atoms with E-state index in [-0.39, 0.29) is 5.91 Å². The summed E-state index contributed by atoms with van der Waals surface area (Å²) in [6, 6.07) is 13.3.